The van der Waals surface area contributed by atoms with Gasteiger partial charge >= 0.3 is 0 Å². The molecule has 0 aliphatic carbocycles. The molecule has 0 aliphatic heterocycles. The van der Waals surface area contributed by atoms with E-state index in [1.54, 1.807) is 11.8 Å². The maximum atomic E-state index is 6.04. The average Bonchev–Trinajstić information content (AvgIpc) is 3.17. The van der Waals surface area contributed by atoms with E-state index in [1.165, 1.54) is 0 Å². The molecule has 9 heteroatoms. The molecule has 3 rings (SSSR count). The number of aromatic nitrogens is 4. The number of nitrogens with zero attached hydrogens (tertiary/aromatic N) is 4. The maximum absolute atomic E-state index is 6.04. The summed E-state index contributed by atoms with van der Waals surface area (Å²) >= 11 is 9.65. The fourth-order valence-corrected chi connectivity index (χ4v) is 3.41. The van der Waals surface area contributed by atoms with Crippen molar-refractivity contribution in [3.63, 3.8) is 0 Å². The smallest absolute Gasteiger partial charge is 0.243 e. The molecular weight excluding hydrogens is 458 g/mol. The van der Waals surface area contributed by atoms with Crippen molar-refractivity contribution >= 4 is 33.5 Å². The summed E-state index contributed by atoms with van der Waals surface area (Å²) in [6, 6.07) is 11.4. The van der Waals surface area contributed by atoms with Crippen LogP contribution in [0.1, 0.15) is 30.9 Å². The van der Waals surface area contributed by atoms with Gasteiger partial charge < -0.3 is 14.8 Å². The highest BCUT2D eigenvalue weighted by Gasteiger charge is 2.12. The van der Waals surface area contributed by atoms with Gasteiger partial charge in [0.05, 0.1) is 7.11 Å². The fraction of sp³-hybridized carbons (Fsp3) is 0.350. The lowest BCUT2D eigenvalue weighted by Crippen LogP contribution is -2.09. The van der Waals surface area contributed by atoms with E-state index in [-0.39, 0.29) is 0 Å². The highest BCUT2D eigenvalue weighted by atomic mass is 79.9. The molecule has 2 aromatic carbocycles. The summed E-state index contributed by atoms with van der Waals surface area (Å²) in [7, 11) is 1.62. The fourth-order valence-electron chi connectivity index (χ4n) is 2.74. The van der Waals surface area contributed by atoms with Crippen molar-refractivity contribution < 1.29 is 9.47 Å². The quantitative estimate of drug-likeness (QED) is 0.436. The Morgan fingerprint density at radius 1 is 1.21 bits per heavy atom. The number of ether oxygens (including phenoxy) is 2. The van der Waals surface area contributed by atoms with Crippen molar-refractivity contribution in [2.75, 3.05) is 12.4 Å². The summed E-state index contributed by atoms with van der Waals surface area (Å²) in [5, 5.41) is 15.8. The first-order valence-corrected chi connectivity index (χ1v) is 10.5. The summed E-state index contributed by atoms with van der Waals surface area (Å²) in [5.74, 6) is 1.94. The normalized spacial score (nSPS) is 10.8. The zero-order valence-electron chi connectivity index (χ0n) is 16.4. The average molecular weight is 481 g/mol. The highest BCUT2D eigenvalue weighted by Crippen LogP contribution is 2.34. The largest absolute Gasteiger partial charge is 0.493 e. The first-order valence-electron chi connectivity index (χ1n) is 9.34. The Labute approximate surface area is 183 Å². The lowest BCUT2D eigenvalue weighted by Gasteiger charge is -2.15. The van der Waals surface area contributed by atoms with E-state index in [0.717, 1.165) is 35.0 Å². The molecule has 0 saturated carbocycles. The minimum absolute atomic E-state index is 0.396. The molecule has 154 valence electrons. The number of hydrogen-bond donors (Lipinski definition) is 1. The van der Waals surface area contributed by atoms with E-state index < -0.39 is 0 Å². The molecule has 29 heavy (non-hydrogen) atoms. The van der Waals surface area contributed by atoms with E-state index in [9.17, 15) is 0 Å². The molecule has 0 bridgehead atoms. The monoisotopic (exact) mass is 479 g/mol. The number of hydrogen-bond acceptors (Lipinski definition) is 6. The van der Waals surface area contributed by atoms with Gasteiger partial charge in [0.15, 0.2) is 11.5 Å². The molecule has 1 heterocycles. The van der Waals surface area contributed by atoms with Crippen molar-refractivity contribution in [2.24, 2.45) is 0 Å². The Morgan fingerprint density at radius 2 is 2.07 bits per heavy atom. The number of anilines is 1. The molecular formula is C20H23BrClN5O2. The molecule has 0 aliphatic rings. The standard InChI is InChI=1S/C20H23BrClN5O2/c1-3-4-8-27-20(24-25-26-27)23-12-15-10-18(28-2)19(11-17(15)21)29-13-14-6-5-7-16(22)9-14/h5-7,9-11H,3-4,8,12-13H2,1-2H3,(H,23,24,26). The molecule has 1 N–H and O–H groups in total. The maximum Gasteiger partial charge on any atom is 0.243 e. The number of methoxy groups -OCH3 is 1. The van der Waals surface area contributed by atoms with Crippen LogP contribution in [0.5, 0.6) is 11.5 Å². The number of benzene rings is 2. The van der Waals surface area contributed by atoms with Crippen LogP contribution >= 0.6 is 27.5 Å². The first-order chi connectivity index (χ1) is 14.1. The molecule has 0 fully saturated rings. The molecule has 0 unspecified atom stereocenters. The molecule has 7 nitrogen and oxygen atoms in total. The van der Waals surface area contributed by atoms with Crippen LogP contribution in [0.4, 0.5) is 5.95 Å². The Kier molecular flexibility index (Phi) is 7.71. The van der Waals surface area contributed by atoms with Gasteiger partial charge in [0.25, 0.3) is 0 Å². The number of rotatable bonds is 10. The minimum atomic E-state index is 0.396. The molecule has 0 amide bonds. The highest BCUT2D eigenvalue weighted by molar-refractivity contribution is 9.10. The second-order valence-corrected chi connectivity index (χ2v) is 7.74. The van der Waals surface area contributed by atoms with Gasteiger partial charge in [0, 0.05) is 22.6 Å². The number of tetrazole rings is 1. The van der Waals surface area contributed by atoms with Crippen molar-refractivity contribution in [2.45, 2.75) is 39.5 Å². The zero-order chi connectivity index (χ0) is 20.6. The Hall–Kier alpha value is -2.32. The van der Waals surface area contributed by atoms with Crippen molar-refractivity contribution in [3.05, 3.63) is 57.0 Å². The molecule has 3 aromatic rings. The Bertz CT molecular complexity index is 950. The molecule has 0 spiro atoms. The van der Waals surface area contributed by atoms with Crippen molar-refractivity contribution in [1.29, 1.82) is 0 Å². The van der Waals surface area contributed by atoms with Crippen LogP contribution in [0.2, 0.25) is 5.02 Å². The second-order valence-electron chi connectivity index (χ2n) is 6.45. The van der Waals surface area contributed by atoms with Crippen LogP contribution in [0, 0.1) is 0 Å². The summed E-state index contributed by atoms with van der Waals surface area (Å²) in [6.45, 7) is 3.86. The summed E-state index contributed by atoms with van der Waals surface area (Å²) in [4.78, 5) is 0. The van der Waals surface area contributed by atoms with Gasteiger partial charge in [-0.25, -0.2) is 4.68 Å². The third-order valence-corrected chi connectivity index (χ3v) is 5.28. The van der Waals surface area contributed by atoms with Gasteiger partial charge in [-0.1, -0.05) is 58.1 Å². The van der Waals surface area contributed by atoms with Gasteiger partial charge in [-0.2, -0.15) is 0 Å². The lowest BCUT2D eigenvalue weighted by molar-refractivity contribution is 0.284. The molecule has 0 atom stereocenters. The van der Waals surface area contributed by atoms with Crippen LogP contribution in [0.25, 0.3) is 0 Å². The SMILES string of the molecule is CCCCn1nnnc1NCc1cc(OC)c(OCc2cccc(Cl)c2)cc1Br. The van der Waals surface area contributed by atoms with Gasteiger partial charge in [0.2, 0.25) is 5.95 Å². The van der Waals surface area contributed by atoms with Gasteiger partial charge in [-0.05, 0) is 52.2 Å². The van der Waals surface area contributed by atoms with Crippen molar-refractivity contribution in [1.82, 2.24) is 20.2 Å². The molecule has 0 saturated heterocycles. The number of halogens is 2. The Balaban J connectivity index is 1.68. The van der Waals surface area contributed by atoms with Gasteiger partial charge in [-0.15, -0.1) is 0 Å². The van der Waals surface area contributed by atoms with Gasteiger partial charge in [0.1, 0.15) is 6.61 Å². The van der Waals surface area contributed by atoms with Crippen LogP contribution in [0.15, 0.2) is 40.9 Å². The van der Waals surface area contributed by atoms with E-state index >= 15 is 0 Å². The van der Waals surface area contributed by atoms with Crippen LogP contribution in [-0.4, -0.2) is 27.3 Å². The molecule has 0 radical (unpaired) electrons. The zero-order valence-corrected chi connectivity index (χ0v) is 18.7. The predicted molar refractivity (Wildman–Crippen MR) is 117 cm³/mol. The van der Waals surface area contributed by atoms with Crippen LogP contribution in [0.3, 0.4) is 0 Å². The van der Waals surface area contributed by atoms with E-state index in [2.05, 4.69) is 43.7 Å². The van der Waals surface area contributed by atoms with Crippen LogP contribution < -0.4 is 14.8 Å². The van der Waals surface area contributed by atoms with Gasteiger partial charge in [-0.3, -0.25) is 0 Å². The number of aryl methyl sites for hydroxylation is 1. The topological polar surface area (TPSA) is 74.1 Å². The third-order valence-electron chi connectivity index (χ3n) is 4.31. The van der Waals surface area contributed by atoms with Crippen molar-refractivity contribution in [3.8, 4) is 11.5 Å². The summed E-state index contributed by atoms with van der Waals surface area (Å²) in [6.07, 6.45) is 2.11. The predicted octanol–water partition coefficient (Wildman–Crippen LogP) is 5.09. The minimum Gasteiger partial charge on any atom is -0.493 e. The van der Waals surface area contributed by atoms with E-state index in [4.69, 9.17) is 21.1 Å². The number of nitrogens with one attached hydrogen (secondary N) is 1. The second kappa shape index (κ2) is 10.5. The first kappa shape index (κ1) is 21.4. The van der Waals surface area contributed by atoms with E-state index in [0.29, 0.717) is 35.6 Å². The third kappa shape index (κ3) is 5.83. The lowest BCUT2D eigenvalue weighted by atomic mass is 10.2. The Morgan fingerprint density at radius 3 is 2.83 bits per heavy atom. The summed E-state index contributed by atoms with van der Waals surface area (Å²) in [5.41, 5.74) is 1.99. The van der Waals surface area contributed by atoms with E-state index in [1.807, 2.05) is 36.4 Å². The summed E-state index contributed by atoms with van der Waals surface area (Å²) < 4.78 is 14.1. The number of unbranched alkanes of at least 4 members (excludes halogenated alkanes) is 1. The molecule has 1 aromatic heterocycles. The van der Waals surface area contributed by atoms with Crippen LogP contribution in [-0.2, 0) is 19.7 Å².